The van der Waals surface area contributed by atoms with E-state index in [1.165, 1.54) is 4.68 Å². The van der Waals surface area contributed by atoms with Crippen LogP contribution in [0.1, 0.15) is 47.8 Å². The Balaban J connectivity index is 1.51. The Morgan fingerprint density at radius 2 is 1.59 bits per heavy atom. The van der Waals surface area contributed by atoms with E-state index in [0.717, 1.165) is 34.9 Å². The number of aromatic nitrogens is 1. The van der Waals surface area contributed by atoms with Gasteiger partial charge in [-0.1, -0.05) is 53.9 Å². The summed E-state index contributed by atoms with van der Waals surface area (Å²) in [5.74, 6) is -1.52. The van der Waals surface area contributed by atoms with Gasteiger partial charge in [-0.15, -0.1) is 0 Å². The van der Waals surface area contributed by atoms with Gasteiger partial charge in [0.05, 0.1) is 12.1 Å². The summed E-state index contributed by atoms with van der Waals surface area (Å²) in [6.45, 7) is 6.58. The summed E-state index contributed by atoms with van der Waals surface area (Å²) in [7, 11) is 0. The number of nitrogens with one attached hydrogen (secondary N) is 3. The molecule has 0 aliphatic heterocycles. The molecule has 0 atom stereocenters. The number of nitrogens with zero attached hydrogens (tertiary/aromatic N) is 1. The number of carbonyl (C=O) groups excluding carboxylic acids is 3. The molecule has 0 radical (unpaired) electrons. The largest absolute Gasteiger partial charge is 0.494 e. The molecule has 3 amide bonds. The lowest BCUT2D eigenvalue weighted by Gasteiger charge is -2.15. The van der Waals surface area contributed by atoms with Gasteiger partial charge in [-0.2, -0.15) is 0 Å². The van der Waals surface area contributed by atoms with Crippen LogP contribution in [0.15, 0.2) is 71.2 Å². The highest BCUT2D eigenvalue weighted by Crippen LogP contribution is 2.25. The zero-order chi connectivity index (χ0) is 27.9. The Labute approximate surface area is 235 Å². The average molecular weight is 592 g/mol. The molecule has 8 nitrogen and oxygen atoms in total. The van der Waals surface area contributed by atoms with Crippen molar-refractivity contribution < 1.29 is 19.1 Å². The maximum atomic E-state index is 13.4. The summed E-state index contributed by atoms with van der Waals surface area (Å²) >= 11 is 3.44. The maximum absolute atomic E-state index is 13.4. The molecule has 1 aromatic heterocycles. The van der Waals surface area contributed by atoms with Gasteiger partial charge in [0.15, 0.2) is 0 Å². The number of para-hydroxylation sites is 1. The summed E-state index contributed by atoms with van der Waals surface area (Å²) in [5, 5.41) is 6.25. The van der Waals surface area contributed by atoms with Crippen LogP contribution in [0.2, 0.25) is 0 Å². The van der Waals surface area contributed by atoms with Gasteiger partial charge in [0.1, 0.15) is 11.4 Å². The normalized spacial score (nSPS) is 10.8. The molecule has 1 heterocycles. The molecular formula is C30H31BrN4O4. The Morgan fingerprint density at radius 3 is 2.28 bits per heavy atom. The number of halogens is 1. The molecule has 0 bridgehead atoms. The number of fused-ring (bicyclic) bond motifs is 1. The Morgan fingerprint density at radius 1 is 0.872 bits per heavy atom. The highest BCUT2D eigenvalue weighted by Gasteiger charge is 2.22. The minimum atomic E-state index is -0.920. The number of carbonyl (C=O) groups is 3. The van der Waals surface area contributed by atoms with Crippen LogP contribution in [-0.2, 0) is 9.59 Å². The molecule has 202 valence electrons. The second kappa shape index (κ2) is 12.6. The summed E-state index contributed by atoms with van der Waals surface area (Å²) in [4.78, 5) is 39.0. The van der Waals surface area contributed by atoms with E-state index >= 15 is 0 Å². The van der Waals surface area contributed by atoms with Gasteiger partial charge in [-0.3, -0.25) is 19.8 Å². The lowest BCUT2D eigenvalue weighted by atomic mass is 10.1. The molecule has 9 heteroatoms. The topological polar surface area (TPSA) is 101 Å². The second-order valence-corrected chi connectivity index (χ2v) is 10.2. The SMILES string of the molecule is CCCCCOc1ccc(NC(=O)C(=O)Nn2c(C(=O)Nc3c(C)cccc3C)cc3cc(Br)ccc32)cc1. The van der Waals surface area contributed by atoms with Crippen molar-refractivity contribution in [3.05, 3.63) is 88.0 Å². The highest BCUT2D eigenvalue weighted by atomic mass is 79.9. The van der Waals surface area contributed by atoms with Crippen LogP contribution in [-0.4, -0.2) is 29.0 Å². The molecule has 3 N–H and O–H groups in total. The number of hydrogen-bond acceptors (Lipinski definition) is 4. The van der Waals surface area contributed by atoms with Gasteiger partial charge >= 0.3 is 11.8 Å². The van der Waals surface area contributed by atoms with Gasteiger partial charge < -0.3 is 15.4 Å². The Hall–Kier alpha value is -4.11. The second-order valence-electron chi connectivity index (χ2n) is 9.26. The molecule has 4 rings (SSSR count). The van der Waals surface area contributed by atoms with E-state index in [9.17, 15) is 14.4 Å². The lowest BCUT2D eigenvalue weighted by molar-refractivity contribution is -0.133. The molecule has 0 aliphatic carbocycles. The summed E-state index contributed by atoms with van der Waals surface area (Å²) in [6.07, 6.45) is 3.20. The third-order valence-corrected chi connectivity index (χ3v) is 6.76. The zero-order valence-corrected chi connectivity index (χ0v) is 23.7. The molecule has 0 spiro atoms. The van der Waals surface area contributed by atoms with E-state index in [1.807, 2.05) is 38.1 Å². The van der Waals surface area contributed by atoms with E-state index in [-0.39, 0.29) is 5.69 Å². The fourth-order valence-electron chi connectivity index (χ4n) is 4.18. The highest BCUT2D eigenvalue weighted by molar-refractivity contribution is 9.10. The molecule has 0 unspecified atom stereocenters. The summed E-state index contributed by atoms with van der Waals surface area (Å²) < 4.78 is 7.84. The van der Waals surface area contributed by atoms with Gasteiger partial charge in [-0.05, 0) is 79.9 Å². The number of unbranched alkanes of at least 4 members (excludes halogenated alkanes) is 2. The number of anilines is 2. The van der Waals surface area contributed by atoms with Crippen LogP contribution in [0.4, 0.5) is 11.4 Å². The number of aryl methyl sites for hydroxylation is 2. The quantitative estimate of drug-likeness (QED) is 0.152. The molecule has 39 heavy (non-hydrogen) atoms. The molecule has 0 aliphatic rings. The van der Waals surface area contributed by atoms with Gasteiger partial charge in [0.25, 0.3) is 5.91 Å². The van der Waals surface area contributed by atoms with Crippen molar-refractivity contribution in [1.29, 1.82) is 0 Å². The van der Waals surface area contributed by atoms with Crippen LogP contribution >= 0.6 is 15.9 Å². The minimum absolute atomic E-state index is 0.177. The first-order valence-corrected chi connectivity index (χ1v) is 13.6. The van der Waals surface area contributed by atoms with E-state index in [0.29, 0.717) is 34.6 Å². The molecule has 3 aromatic carbocycles. The van der Waals surface area contributed by atoms with E-state index in [1.54, 1.807) is 42.5 Å². The molecular weight excluding hydrogens is 560 g/mol. The minimum Gasteiger partial charge on any atom is -0.494 e. The van der Waals surface area contributed by atoms with Crippen molar-refractivity contribution in [2.75, 3.05) is 22.7 Å². The standard InChI is InChI=1S/C30H31BrN4O4/c1-4-5-6-16-39-24-13-11-23(12-14-24)32-29(37)30(38)34-35-25-15-10-22(31)17-21(25)18-26(35)28(36)33-27-19(2)8-7-9-20(27)3/h7-15,17-18H,4-6,16H2,1-3H3,(H,32,37)(H,33,36)(H,34,38). The first-order chi connectivity index (χ1) is 18.8. The van der Waals surface area contributed by atoms with Crippen molar-refractivity contribution in [2.24, 2.45) is 0 Å². The number of amides is 3. The Kier molecular flexibility index (Phi) is 9.03. The predicted octanol–water partition coefficient (Wildman–Crippen LogP) is 6.55. The monoisotopic (exact) mass is 590 g/mol. The fraction of sp³-hybridized carbons (Fsp3) is 0.233. The molecule has 0 saturated carbocycles. The van der Waals surface area contributed by atoms with E-state index in [2.05, 4.69) is 38.9 Å². The van der Waals surface area contributed by atoms with Crippen LogP contribution in [0.5, 0.6) is 5.75 Å². The van der Waals surface area contributed by atoms with Crippen molar-refractivity contribution in [3.63, 3.8) is 0 Å². The van der Waals surface area contributed by atoms with Crippen LogP contribution < -0.4 is 20.8 Å². The van der Waals surface area contributed by atoms with Crippen molar-refractivity contribution in [1.82, 2.24) is 4.68 Å². The van der Waals surface area contributed by atoms with Crippen molar-refractivity contribution >= 4 is 55.9 Å². The first-order valence-electron chi connectivity index (χ1n) is 12.8. The molecule has 0 fully saturated rings. The van der Waals surface area contributed by atoms with Gasteiger partial charge in [0, 0.05) is 21.2 Å². The number of rotatable bonds is 9. The van der Waals surface area contributed by atoms with Crippen molar-refractivity contribution in [3.8, 4) is 5.75 Å². The van der Waals surface area contributed by atoms with E-state index < -0.39 is 17.7 Å². The van der Waals surface area contributed by atoms with Gasteiger partial charge in [-0.25, -0.2) is 4.68 Å². The number of hydrogen-bond donors (Lipinski definition) is 3. The van der Waals surface area contributed by atoms with Gasteiger partial charge in [0.2, 0.25) is 0 Å². The number of ether oxygens (including phenoxy) is 1. The number of benzene rings is 3. The maximum Gasteiger partial charge on any atom is 0.328 e. The van der Waals surface area contributed by atoms with Crippen LogP contribution in [0.3, 0.4) is 0 Å². The molecule has 4 aromatic rings. The Bertz CT molecular complexity index is 1490. The first kappa shape index (κ1) is 27.9. The summed E-state index contributed by atoms with van der Waals surface area (Å²) in [6, 6.07) is 19.6. The summed E-state index contributed by atoms with van der Waals surface area (Å²) in [5.41, 5.74) is 6.30. The predicted molar refractivity (Wildman–Crippen MR) is 158 cm³/mol. The molecule has 0 saturated heterocycles. The fourth-order valence-corrected chi connectivity index (χ4v) is 4.56. The van der Waals surface area contributed by atoms with Crippen LogP contribution in [0.25, 0.3) is 10.9 Å². The third-order valence-electron chi connectivity index (χ3n) is 6.26. The van der Waals surface area contributed by atoms with E-state index in [4.69, 9.17) is 4.74 Å². The smallest absolute Gasteiger partial charge is 0.328 e. The lowest BCUT2D eigenvalue weighted by Crippen LogP contribution is -2.36. The van der Waals surface area contributed by atoms with Crippen molar-refractivity contribution in [2.45, 2.75) is 40.0 Å². The average Bonchev–Trinajstić information content (AvgIpc) is 3.26. The third kappa shape index (κ3) is 6.86. The zero-order valence-electron chi connectivity index (χ0n) is 22.1. The van der Waals surface area contributed by atoms with Crippen LogP contribution in [0, 0.1) is 13.8 Å².